The van der Waals surface area contributed by atoms with Crippen molar-refractivity contribution in [3.63, 3.8) is 0 Å². The molecule has 220 valence electrons. The fourth-order valence-corrected chi connectivity index (χ4v) is 9.37. The van der Waals surface area contributed by atoms with Crippen LogP contribution in [0, 0.1) is 5.41 Å². The largest absolute Gasteiger partial charge is 0.573 e. The number of hydrogen-bond acceptors (Lipinski definition) is 7. The number of ether oxygens (including phenoxy) is 2. The summed E-state index contributed by atoms with van der Waals surface area (Å²) in [6.07, 6.45) is -10.4. The van der Waals surface area contributed by atoms with Crippen LogP contribution in [0.3, 0.4) is 0 Å². The second kappa shape index (κ2) is 9.38. The Labute approximate surface area is 221 Å². The smallest absolute Gasteiger partial charge is 0.406 e. The first kappa shape index (κ1) is 28.7. The Morgan fingerprint density at radius 3 is 2.08 bits per heavy atom. The van der Waals surface area contributed by atoms with E-state index in [2.05, 4.69) is 14.8 Å². The molecule has 8 nitrogen and oxygen atoms in total. The Morgan fingerprint density at radius 2 is 1.54 bits per heavy atom. The maximum absolute atomic E-state index is 13.6. The maximum atomic E-state index is 13.6. The van der Waals surface area contributed by atoms with Gasteiger partial charge < -0.3 is 9.47 Å². The molecule has 5 fully saturated rings. The molecule has 0 aromatic heterocycles. The SMILES string of the molecule is O=S1(=O)CCC(S(=O)(=O)Nc2ccc(OC(F)(F)F)cc2C2OC2NC23CCC(C(F)(F)F)(CC2)CC3)CC1. The molecule has 6 rings (SSSR count). The van der Waals surface area contributed by atoms with Crippen LogP contribution in [0.5, 0.6) is 5.75 Å². The van der Waals surface area contributed by atoms with Crippen molar-refractivity contribution in [3.05, 3.63) is 23.8 Å². The number of nitrogens with one attached hydrogen (secondary N) is 2. The highest BCUT2D eigenvalue weighted by atomic mass is 32.2. The van der Waals surface area contributed by atoms with Crippen LogP contribution in [0.4, 0.5) is 32.0 Å². The predicted molar refractivity (Wildman–Crippen MR) is 127 cm³/mol. The van der Waals surface area contributed by atoms with Crippen molar-refractivity contribution < 1.29 is 52.7 Å². The van der Waals surface area contributed by atoms with Gasteiger partial charge in [0.05, 0.1) is 27.9 Å². The van der Waals surface area contributed by atoms with E-state index < -0.39 is 66.7 Å². The van der Waals surface area contributed by atoms with E-state index in [4.69, 9.17) is 4.74 Å². The minimum atomic E-state index is -5.00. The normalized spacial score (nSPS) is 33.1. The van der Waals surface area contributed by atoms with Crippen molar-refractivity contribution in [2.75, 3.05) is 16.2 Å². The van der Waals surface area contributed by atoms with Crippen LogP contribution in [-0.4, -0.2) is 57.9 Å². The lowest BCUT2D eigenvalue weighted by atomic mass is 9.57. The number of epoxide rings is 1. The Hall–Kier alpha value is -1.78. The quantitative estimate of drug-likeness (QED) is 0.346. The zero-order chi connectivity index (χ0) is 28.5. The Kier molecular flexibility index (Phi) is 6.91. The monoisotopic (exact) mass is 606 g/mol. The average Bonchev–Trinajstić information content (AvgIpc) is 3.57. The van der Waals surface area contributed by atoms with Gasteiger partial charge >= 0.3 is 12.5 Å². The molecule has 0 amide bonds. The van der Waals surface area contributed by atoms with Crippen LogP contribution in [-0.2, 0) is 24.6 Å². The number of sulfonamides is 1. The first-order chi connectivity index (χ1) is 17.9. The number of hydrogen-bond donors (Lipinski definition) is 2. The molecule has 1 aromatic carbocycles. The second-order valence-electron chi connectivity index (χ2n) is 11.0. The van der Waals surface area contributed by atoms with Gasteiger partial charge in [-0.2, -0.15) is 13.2 Å². The Morgan fingerprint density at radius 1 is 0.949 bits per heavy atom. The third-order valence-electron chi connectivity index (χ3n) is 8.54. The molecular weight excluding hydrogens is 578 g/mol. The molecule has 3 aliphatic carbocycles. The van der Waals surface area contributed by atoms with E-state index in [1.807, 2.05) is 0 Å². The summed E-state index contributed by atoms with van der Waals surface area (Å²) in [6, 6.07) is 3.07. The summed E-state index contributed by atoms with van der Waals surface area (Å²) >= 11 is 0. The minimum Gasteiger partial charge on any atom is -0.406 e. The molecule has 2 saturated heterocycles. The number of benzene rings is 1. The molecule has 0 radical (unpaired) electrons. The molecular formula is C23H28F6N2O6S2. The van der Waals surface area contributed by atoms with E-state index >= 15 is 0 Å². The third kappa shape index (κ3) is 5.98. The highest BCUT2D eigenvalue weighted by Gasteiger charge is 2.62. The van der Waals surface area contributed by atoms with Gasteiger partial charge in [-0.15, -0.1) is 13.2 Å². The first-order valence-electron chi connectivity index (χ1n) is 12.5. The molecule has 5 aliphatic rings. The van der Waals surface area contributed by atoms with Crippen molar-refractivity contribution in [3.8, 4) is 5.75 Å². The first-order valence-corrected chi connectivity index (χ1v) is 15.9. The van der Waals surface area contributed by atoms with Gasteiger partial charge in [-0.3, -0.25) is 10.0 Å². The molecule has 39 heavy (non-hydrogen) atoms. The van der Waals surface area contributed by atoms with E-state index in [1.165, 1.54) is 0 Å². The second-order valence-corrected chi connectivity index (χ2v) is 15.2. The summed E-state index contributed by atoms with van der Waals surface area (Å²) in [4.78, 5) is 0. The summed E-state index contributed by atoms with van der Waals surface area (Å²) in [5, 5.41) is 2.24. The van der Waals surface area contributed by atoms with Crippen LogP contribution in [0.2, 0.25) is 0 Å². The van der Waals surface area contributed by atoms with Crippen LogP contribution in [0.15, 0.2) is 18.2 Å². The van der Waals surface area contributed by atoms with Crippen molar-refractivity contribution in [2.24, 2.45) is 5.41 Å². The van der Waals surface area contributed by atoms with E-state index in [0.717, 1.165) is 18.2 Å². The Bertz CT molecular complexity index is 1290. The standard InChI is InChI=1S/C23H28F6N2O6S2/c24-22(25,26)20-5-8-21(9-6-20,10-7-20)30-19-18(36-19)16-13-14(37-23(27,28)29)1-2-17(16)31-39(34,35)15-3-11-38(32,33)12-4-15/h1-2,13,15,18-19,30-31H,3-12H2. The van der Waals surface area contributed by atoms with Gasteiger partial charge in [0.25, 0.3) is 0 Å². The molecule has 16 heteroatoms. The van der Waals surface area contributed by atoms with Gasteiger partial charge in [-0.05, 0) is 69.6 Å². The van der Waals surface area contributed by atoms with Crippen LogP contribution >= 0.6 is 0 Å². The van der Waals surface area contributed by atoms with E-state index in [-0.39, 0.29) is 74.1 Å². The van der Waals surface area contributed by atoms with E-state index in [1.54, 1.807) is 0 Å². The highest BCUT2D eigenvalue weighted by Crippen LogP contribution is 2.60. The van der Waals surface area contributed by atoms with Crippen LogP contribution in [0.25, 0.3) is 0 Å². The van der Waals surface area contributed by atoms with Crippen LogP contribution in [0.1, 0.15) is 63.0 Å². The van der Waals surface area contributed by atoms with Gasteiger partial charge in [-0.1, -0.05) is 0 Å². The topological polar surface area (TPSA) is 114 Å². The fraction of sp³-hybridized carbons (Fsp3) is 0.739. The molecule has 3 saturated carbocycles. The average molecular weight is 607 g/mol. The number of sulfone groups is 1. The number of rotatable bonds is 7. The number of alkyl halides is 6. The molecule has 2 aliphatic heterocycles. The zero-order valence-electron chi connectivity index (χ0n) is 20.6. The third-order valence-corrected chi connectivity index (χ3v) is 12.1. The lowest BCUT2D eigenvalue weighted by Crippen LogP contribution is -2.59. The van der Waals surface area contributed by atoms with Crippen molar-refractivity contribution in [2.45, 2.75) is 87.0 Å². The lowest BCUT2D eigenvalue weighted by molar-refractivity contribution is -0.274. The molecule has 2 heterocycles. The van der Waals surface area contributed by atoms with Crippen molar-refractivity contribution in [1.29, 1.82) is 0 Å². The lowest BCUT2D eigenvalue weighted by Gasteiger charge is -2.54. The van der Waals surface area contributed by atoms with Gasteiger partial charge in [0, 0.05) is 11.1 Å². The summed E-state index contributed by atoms with van der Waals surface area (Å²) in [6.45, 7) is 0. The van der Waals surface area contributed by atoms with Crippen molar-refractivity contribution in [1.82, 2.24) is 5.32 Å². The predicted octanol–water partition coefficient (Wildman–Crippen LogP) is 4.55. The molecule has 2 atom stereocenters. The van der Waals surface area contributed by atoms with Crippen molar-refractivity contribution >= 4 is 25.5 Å². The number of anilines is 1. The van der Waals surface area contributed by atoms with Gasteiger partial charge in [0.15, 0.2) is 0 Å². The summed E-state index contributed by atoms with van der Waals surface area (Å²) < 4.78 is 141. The minimum absolute atomic E-state index is 0.0298. The fourth-order valence-electron chi connectivity index (χ4n) is 6.07. The summed E-state index contributed by atoms with van der Waals surface area (Å²) in [7, 11) is -7.43. The molecule has 2 unspecified atom stereocenters. The molecule has 2 bridgehead atoms. The Balaban J connectivity index is 1.33. The molecule has 1 aromatic rings. The maximum Gasteiger partial charge on any atom is 0.573 e. The van der Waals surface area contributed by atoms with E-state index in [0.29, 0.717) is 0 Å². The number of fused-ring (bicyclic) bond motifs is 3. The summed E-state index contributed by atoms with van der Waals surface area (Å²) in [5.74, 6) is -1.18. The zero-order valence-corrected chi connectivity index (χ0v) is 22.2. The van der Waals surface area contributed by atoms with Gasteiger partial charge in [0.1, 0.15) is 27.9 Å². The van der Waals surface area contributed by atoms with Crippen LogP contribution < -0.4 is 14.8 Å². The van der Waals surface area contributed by atoms with Gasteiger partial charge in [-0.25, -0.2) is 16.8 Å². The highest BCUT2D eigenvalue weighted by molar-refractivity contribution is 7.94. The molecule has 0 spiro atoms. The summed E-state index contributed by atoms with van der Waals surface area (Å²) in [5.41, 5.74) is -2.28. The van der Waals surface area contributed by atoms with Gasteiger partial charge in [0.2, 0.25) is 10.0 Å². The molecule has 2 N–H and O–H groups in total. The number of halogens is 6. The van der Waals surface area contributed by atoms with E-state index in [9.17, 15) is 43.2 Å².